The lowest BCUT2D eigenvalue weighted by Gasteiger charge is -2.23. The van der Waals surface area contributed by atoms with Crippen molar-refractivity contribution < 1.29 is 30.3 Å². The SMILES string of the molecule is CC(=O)C(O)C(O)C(O)C(O)CO.CN. The van der Waals surface area contributed by atoms with Crippen LogP contribution in [0.5, 0.6) is 0 Å². The fourth-order valence-electron chi connectivity index (χ4n) is 0.763. The molecule has 7 heteroatoms. The zero-order valence-corrected chi connectivity index (χ0v) is 8.74. The van der Waals surface area contributed by atoms with Gasteiger partial charge in [-0.05, 0) is 14.0 Å². The number of hydrogen-bond donors (Lipinski definition) is 6. The average Bonchev–Trinajstić information content (AvgIpc) is 2.27. The fourth-order valence-corrected chi connectivity index (χ4v) is 0.763. The Kier molecular flexibility index (Phi) is 9.79. The Morgan fingerprint density at radius 1 is 1.13 bits per heavy atom. The van der Waals surface area contributed by atoms with Crippen molar-refractivity contribution in [3.05, 3.63) is 0 Å². The molecule has 7 nitrogen and oxygen atoms in total. The van der Waals surface area contributed by atoms with Gasteiger partial charge in [-0.1, -0.05) is 0 Å². The lowest BCUT2D eigenvalue weighted by molar-refractivity contribution is -0.145. The van der Waals surface area contributed by atoms with E-state index in [-0.39, 0.29) is 0 Å². The molecule has 0 radical (unpaired) electrons. The summed E-state index contributed by atoms with van der Waals surface area (Å²) in [5.41, 5.74) is 4.50. The molecule has 0 aromatic carbocycles. The molecule has 4 unspecified atom stereocenters. The van der Waals surface area contributed by atoms with Gasteiger partial charge in [-0.25, -0.2) is 0 Å². The normalized spacial score (nSPS) is 18.1. The van der Waals surface area contributed by atoms with Crippen LogP contribution in [0.2, 0.25) is 0 Å². The van der Waals surface area contributed by atoms with E-state index >= 15 is 0 Å². The zero-order valence-electron chi connectivity index (χ0n) is 8.74. The number of rotatable bonds is 5. The number of ketones is 1. The molecule has 15 heavy (non-hydrogen) atoms. The Balaban J connectivity index is 0. The molecule has 4 atom stereocenters. The van der Waals surface area contributed by atoms with E-state index in [9.17, 15) is 4.79 Å². The highest BCUT2D eigenvalue weighted by Gasteiger charge is 2.32. The highest BCUT2D eigenvalue weighted by Crippen LogP contribution is 2.05. The minimum Gasteiger partial charge on any atom is -0.394 e. The van der Waals surface area contributed by atoms with E-state index in [0.717, 1.165) is 6.92 Å². The van der Waals surface area contributed by atoms with Crippen LogP contribution < -0.4 is 5.73 Å². The topological polar surface area (TPSA) is 144 Å². The molecule has 0 saturated heterocycles. The fraction of sp³-hybridized carbons (Fsp3) is 0.875. The Morgan fingerprint density at radius 3 is 1.80 bits per heavy atom. The molecule has 0 spiro atoms. The number of carbonyl (C=O) groups is 1. The highest BCUT2D eigenvalue weighted by molar-refractivity contribution is 5.80. The summed E-state index contributed by atoms with van der Waals surface area (Å²) in [5.74, 6) is -0.725. The Bertz CT molecular complexity index is 177. The molecule has 0 heterocycles. The number of aliphatic hydroxyl groups excluding tert-OH is 5. The average molecular weight is 225 g/mol. The lowest BCUT2D eigenvalue weighted by Crippen LogP contribution is -2.48. The molecule has 0 aliphatic heterocycles. The van der Waals surface area contributed by atoms with Crippen LogP contribution in [0, 0.1) is 0 Å². The second kappa shape index (κ2) is 8.72. The molecular formula is C8H19NO6. The van der Waals surface area contributed by atoms with Crippen molar-refractivity contribution in [2.45, 2.75) is 31.3 Å². The van der Waals surface area contributed by atoms with Gasteiger partial charge in [0, 0.05) is 0 Å². The van der Waals surface area contributed by atoms with E-state index < -0.39 is 36.8 Å². The smallest absolute Gasteiger partial charge is 0.160 e. The molecule has 0 rings (SSSR count). The van der Waals surface area contributed by atoms with Crippen molar-refractivity contribution in [2.75, 3.05) is 13.7 Å². The minimum absolute atomic E-state index is 0.725. The number of hydrogen-bond acceptors (Lipinski definition) is 7. The third kappa shape index (κ3) is 5.78. The van der Waals surface area contributed by atoms with E-state index in [1.54, 1.807) is 0 Å². The first-order valence-corrected chi connectivity index (χ1v) is 4.33. The summed E-state index contributed by atoms with van der Waals surface area (Å²) in [7, 11) is 1.50. The first-order valence-electron chi connectivity index (χ1n) is 4.33. The van der Waals surface area contributed by atoms with Gasteiger partial charge >= 0.3 is 0 Å². The lowest BCUT2D eigenvalue weighted by atomic mass is 10.0. The summed E-state index contributed by atoms with van der Waals surface area (Å²) >= 11 is 0. The number of carbonyl (C=O) groups excluding carboxylic acids is 1. The number of Topliss-reactive ketones (excluding diaryl/α,β-unsaturated/α-hetero) is 1. The van der Waals surface area contributed by atoms with Gasteiger partial charge in [0.1, 0.15) is 24.4 Å². The van der Waals surface area contributed by atoms with Crippen molar-refractivity contribution in [1.82, 2.24) is 0 Å². The summed E-state index contributed by atoms with van der Waals surface area (Å²) in [4.78, 5) is 10.5. The predicted octanol–water partition coefficient (Wildman–Crippen LogP) is -3.41. The third-order valence-corrected chi connectivity index (χ3v) is 1.67. The molecule has 0 aromatic heterocycles. The van der Waals surface area contributed by atoms with Gasteiger partial charge in [-0.2, -0.15) is 0 Å². The first-order chi connectivity index (χ1) is 6.91. The van der Waals surface area contributed by atoms with Crippen LogP contribution in [0.25, 0.3) is 0 Å². The molecule has 0 aliphatic carbocycles. The van der Waals surface area contributed by atoms with Gasteiger partial charge in [0.2, 0.25) is 0 Å². The van der Waals surface area contributed by atoms with Crippen molar-refractivity contribution >= 4 is 5.78 Å². The minimum atomic E-state index is -1.79. The molecule has 0 saturated carbocycles. The number of aliphatic hydroxyl groups is 5. The Morgan fingerprint density at radius 2 is 1.53 bits per heavy atom. The van der Waals surface area contributed by atoms with E-state index in [1.165, 1.54) is 7.05 Å². The van der Waals surface area contributed by atoms with Crippen LogP contribution in [-0.4, -0.2) is 69.4 Å². The molecule has 0 aromatic rings. The molecule has 0 amide bonds. The van der Waals surface area contributed by atoms with Crippen LogP contribution >= 0.6 is 0 Å². The van der Waals surface area contributed by atoms with Crippen LogP contribution in [0.4, 0.5) is 0 Å². The summed E-state index contributed by atoms with van der Waals surface area (Å²) in [6.45, 7) is 0.273. The van der Waals surface area contributed by atoms with Crippen LogP contribution in [0.1, 0.15) is 6.92 Å². The highest BCUT2D eigenvalue weighted by atomic mass is 16.4. The van der Waals surface area contributed by atoms with Crippen molar-refractivity contribution in [2.24, 2.45) is 5.73 Å². The second-order valence-electron chi connectivity index (χ2n) is 2.79. The van der Waals surface area contributed by atoms with E-state index in [2.05, 4.69) is 5.73 Å². The molecule has 0 bridgehead atoms. The monoisotopic (exact) mass is 225 g/mol. The van der Waals surface area contributed by atoms with Crippen LogP contribution in [0.3, 0.4) is 0 Å². The maximum absolute atomic E-state index is 10.5. The molecule has 92 valence electrons. The maximum Gasteiger partial charge on any atom is 0.160 e. The number of nitrogens with two attached hydrogens (primary N) is 1. The molecule has 0 aliphatic rings. The summed E-state index contributed by atoms with van der Waals surface area (Å²) in [6, 6.07) is 0. The van der Waals surface area contributed by atoms with Gasteiger partial charge in [0.25, 0.3) is 0 Å². The predicted molar refractivity (Wildman–Crippen MR) is 51.9 cm³/mol. The van der Waals surface area contributed by atoms with E-state index in [1.807, 2.05) is 0 Å². The quantitative estimate of drug-likeness (QED) is 0.286. The van der Waals surface area contributed by atoms with Crippen LogP contribution in [0.15, 0.2) is 0 Å². The summed E-state index contributed by atoms with van der Waals surface area (Å²) in [5, 5.41) is 44.3. The van der Waals surface area contributed by atoms with E-state index in [0.29, 0.717) is 0 Å². The van der Waals surface area contributed by atoms with Gasteiger partial charge in [-0.15, -0.1) is 0 Å². The Labute approximate surface area is 87.8 Å². The standard InChI is InChI=1S/C7H14O6.CH5N/c1-3(9)5(11)7(13)6(12)4(10)2-8;1-2/h4-8,10-13H,2H2,1H3;2H2,1H3. The second-order valence-corrected chi connectivity index (χ2v) is 2.79. The molecule has 0 fully saturated rings. The van der Waals surface area contributed by atoms with Gasteiger partial charge in [0.15, 0.2) is 5.78 Å². The maximum atomic E-state index is 10.5. The summed E-state index contributed by atoms with van der Waals surface area (Å²) in [6.07, 6.45) is -6.87. The molecule has 7 N–H and O–H groups in total. The van der Waals surface area contributed by atoms with Gasteiger partial charge in [-0.3, -0.25) is 4.79 Å². The van der Waals surface area contributed by atoms with Gasteiger partial charge in [0.05, 0.1) is 6.61 Å². The van der Waals surface area contributed by atoms with Crippen LogP contribution in [-0.2, 0) is 4.79 Å². The largest absolute Gasteiger partial charge is 0.394 e. The van der Waals surface area contributed by atoms with E-state index in [4.69, 9.17) is 25.5 Å². The zero-order chi connectivity index (χ0) is 12.6. The summed E-state index contributed by atoms with van der Waals surface area (Å²) < 4.78 is 0. The van der Waals surface area contributed by atoms with Gasteiger partial charge < -0.3 is 31.3 Å². The van der Waals surface area contributed by atoms with Crippen molar-refractivity contribution in [3.63, 3.8) is 0 Å². The van der Waals surface area contributed by atoms with Crippen molar-refractivity contribution in [3.8, 4) is 0 Å². The van der Waals surface area contributed by atoms with Crippen molar-refractivity contribution in [1.29, 1.82) is 0 Å². The first kappa shape index (κ1) is 16.8. The third-order valence-electron chi connectivity index (χ3n) is 1.67. The molecular weight excluding hydrogens is 206 g/mol. The Hall–Kier alpha value is -0.570.